The minimum Gasteiger partial charge on any atom is -0.404 e. The van der Waals surface area contributed by atoms with Crippen molar-refractivity contribution >= 4 is 47.0 Å². The third kappa shape index (κ3) is 8.01. The van der Waals surface area contributed by atoms with Crippen LogP contribution in [0.3, 0.4) is 0 Å². The van der Waals surface area contributed by atoms with Crippen LogP contribution in [0.5, 0.6) is 5.75 Å². The Morgan fingerprint density at radius 1 is 1.28 bits per heavy atom. The second-order valence-electron chi connectivity index (χ2n) is 6.72. The lowest BCUT2D eigenvalue weighted by atomic mass is 9.98. The molecule has 0 amide bonds. The van der Waals surface area contributed by atoms with Gasteiger partial charge in [0.2, 0.25) is 0 Å². The second-order valence-corrected chi connectivity index (χ2v) is 7.75. The molecule has 1 aromatic carbocycles. The van der Waals surface area contributed by atoms with Crippen LogP contribution < -0.4 is 15.8 Å². The summed E-state index contributed by atoms with van der Waals surface area (Å²) in [4.78, 5) is 8.08. The van der Waals surface area contributed by atoms with Crippen LogP contribution in [0.1, 0.15) is 17.7 Å². The van der Waals surface area contributed by atoms with Crippen LogP contribution in [-0.4, -0.2) is 36.9 Å². The normalized spacial score (nSPS) is 18.2. The summed E-state index contributed by atoms with van der Waals surface area (Å²) in [6.07, 6.45) is -2.61. The number of aliphatic imine (C=N–C) groups is 1. The van der Waals surface area contributed by atoms with Crippen LogP contribution in [-0.2, 0) is 6.54 Å². The van der Waals surface area contributed by atoms with Crippen LogP contribution in [0.2, 0.25) is 0 Å². The minimum absolute atomic E-state index is 0. The van der Waals surface area contributed by atoms with E-state index in [-0.39, 0.29) is 41.4 Å². The molecule has 2 aromatic rings. The Morgan fingerprint density at radius 2 is 2.07 bits per heavy atom. The molecule has 0 aliphatic carbocycles. The van der Waals surface area contributed by atoms with Crippen LogP contribution in [0.15, 0.2) is 46.8 Å². The summed E-state index contributed by atoms with van der Waals surface area (Å²) >= 11 is 1.75. The van der Waals surface area contributed by atoms with Crippen LogP contribution in [0.4, 0.5) is 18.9 Å². The number of piperidine rings is 1. The van der Waals surface area contributed by atoms with Gasteiger partial charge in [-0.25, -0.2) is 0 Å². The molecular formula is C19H24F3IN4OS. The summed E-state index contributed by atoms with van der Waals surface area (Å²) in [6.45, 7) is 3.46. The van der Waals surface area contributed by atoms with Gasteiger partial charge in [0.05, 0.1) is 5.69 Å². The number of hydrogen-bond acceptors (Lipinski definition) is 4. The Balaban J connectivity index is 0.00000300. The van der Waals surface area contributed by atoms with Crippen molar-refractivity contribution in [1.29, 1.82) is 0 Å². The molecule has 1 atom stereocenters. The summed E-state index contributed by atoms with van der Waals surface area (Å²) < 4.78 is 41.5. The molecule has 29 heavy (non-hydrogen) atoms. The lowest BCUT2D eigenvalue weighted by Crippen LogP contribution is -2.36. The van der Waals surface area contributed by atoms with Gasteiger partial charge in [0.1, 0.15) is 0 Å². The van der Waals surface area contributed by atoms with Crippen molar-refractivity contribution in [1.82, 2.24) is 4.90 Å². The lowest BCUT2D eigenvalue weighted by Gasteiger charge is -2.31. The number of anilines is 1. The van der Waals surface area contributed by atoms with E-state index in [1.807, 2.05) is 0 Å². The Hall–Kier alpha value is -1.53. The molecule has 10 heteroatoms. The molecular weight excluding hydrogens is 516 g/mol. The van der Waals surface area contributed by atoms with E-state index in [0.717, 1.165) is 32.5 Å². The van der Waals surface area contributed by atoms with Crippen molar-refractivity contribution in [2.24, 2.45) is 16.6 Å². The van der Waals surface area contributed by atoms with E-state index >= 15 is 0 Å². The first kappa shape index (κ1) is 23.7. The van der Waals surface area contributed by atoms with Crippen molar-refractivity contribution in [3.8, 4) is 5.75 Å². The maximum atomic E-state index is 12.5. The average molecular weight is 540 g/mol. The van der Waals surface area contributed by atoms with Gasteiger partial charge in [-0.3, -0.25) is 9.89 Å². The molecule has 5 nitrogen and oxygen atoms in total. The van der Waals surface area contributed by atoms with Gasteiger partial charge in [0.15, 0.2) is 11.7 Å². The molecule has 0 saturated carbocycles. The Labute approximate surface area is 189 Å². The van der Waals surface area contributed by atoms with Crippen LogP contribution >= 0.6 is 35.3 Å². The molecule has 1 unspecified atom stereocenters. The summed E-state index contributed by atoms with van der Waals surface area (Å²) in [7, 11) is 0. The molecule has 3 rings (SSSR count). The zero-order valence-corrected chi connectivity index (χ0v) is 18.8. The highest BCUT2D eigenvalue weighted by molar-refractivity contribution is 14.0. The van der Waals surface area contributed by atoms with Gasteiger partial charge in [0, 0.05) is 24.5 Å². The fourth-order valence-corrected chi connectivity index (χ4v) is 4.00. The third-order valence-corrected chi connectivity index (χ3v) is 5.32. The number of guanidine groups is 1. The molecule has 1 aliphatic rings. The SMILES string of the molecule is I.NC(=NCC1CCCN(Cc2cccs2)C1)Nc1ccccc1OC(F)(F)F. The van der Waals surface area contributed by atoms with Crippen molar-refractivity contribution in [2.75, 3.05) is 25.0 Å². The van der Waals surface area contributed by atoms with Crippen molar-refractivity contribution < 1.29 is 17.9 Å². The molecule has 1 saturated heterocycles. The maximum Gasteiger partial charge on any atom is 0.573 e. The van der Waals surface area contributed by atoms with E-state index in [9.17, 15) is 13.2 Å². The second kappa shape index (κ2) is 11.0. The van der Waals surface area contributed by atoms with Crippen molar-refractivity contribution in [3.05, 3.63) is 46.7 Å². The average Bonchev–Trinajstić information content (AvgIpc) is 3.14. The molecule has 1 aromatic heterocycles. The molecule has 160 valence electrons. The van der Waals surface area contributed by atoms with Gasteiger partial charge < -0.3 is 15.8 Å². The van der Waals surface area contributed by atoms with E-state index in [1.54, 1.807) is 17.4 Å². The smallest absolute Gasteiger partial charge is 0.404 e. The number of halogens is 4. The van der Waals surface area contributed by atoms with E-state index in [0.29, 0.717) is 12.5 Å². The topological polar surface area (TPSA) is 62.9 Å². The van der Waals surface area contributed by atoms with E-state index in [4.69, 9.17) is 5.73 Å². The predicted octanol–water partition coefficient (Wildman–Crippen LogP) is 4.90. The fraction of sp³-hybridized carbons (Fsp3) is 0.421. The van der Waals surface area contributed by atoms with Crippen LogP contribution in [0.25, 0.3) is 0 Å². The Morgan fingerprint density at radius 3 is 2.79 bits per heavy atom. The zero-order valence-electron chi connectivity index (χ0n) is 15.7. The summed E-state index contributed by atoms with van der Waals surface area (Å²) in [5.74, 6) is 0.109. The number of nitrogens with one attached hydrogen (secondary N) is 1. The largest absolute Gasteiger partial charge is 0.573 e. The quantitative estimate of drug-likeness (QED) is 0.311. The molecule has 3 N–H and O–H groups in total. The summed E-state index contributed by atoms with van der Waals surface area (Å²) in [6, 6.07) is 9.94. The molecule has 0 radical (unpaired) electrons. The number of ether oxygens (including phenoxy) is 1. The van der Waals surface area contributed by atoms with Gasteiger partial charge >= 0.3 is 6.36 Å². The predicted molar refractivity (Wildman–Crippen MR) is 121 cm³/mol. The number of rotatable bonds is 6. The number of para-hydroxylation sites is 2. The Kier molecular flexibility index (Phi) is 9.03. The van der Waals surface area contributed by atoms with Crippen molar-refractivity contribution in [2.45, 2.75) is 25.7 Å². The number of nitrogens with two attached hydrogens (primary N) is 1. The molecule has 0 bridgehead atoms. The fourth-order valence-electron chi connectivity index (χ4n) is 3.26. The van der Waals surface area contributed by atoms with E-state index < -0.39 is 6.36 Å². The lowest BCUT2D eigenvalue weighted by molar-refractivity contribution is -0.274. The van der Waals surface area contributed by atoms with E-state index in [2.05, 4.69) is 37.5 Å². The first-order valence-electron chi connectivity index (χ1n) is 9.05. The number of hydrogen-bond donors (Lipinski definition) is 2. The molecule has 1 aliphatic heterocycles. The monoisotopic (exact) mass is 540 g/mol. The maximum absolute atomic E-state index is 12.5. The first-order chi connectivity index (χ1) is 13.4. The number of likely N-dealkylation sites (tertiary alicyclic amines) is 1. The highest BCUT2D eigenvalue weighted by Gasteiger charge is 2.32. The summed E-state index contributed by atoms with van der Waals surface area (Å²) in [5, 5.41) is 4.79. The third-order valence-electron chi connectivity index (χ3n) is 4.46. The van der Waals surface area contributed by atoms with Gasteiger partial charge in [0.25, 0.3) is 0 Å². The summed E-state index contributed by atoms with van der Waals surface area (Å²) in [5.41, 5.74) is 6.02. The Bertz CT molecular complexity index is 786. The molecule has 1 fully saturated rings. The number of thiophene rings is 1. The molecule has 2 heterocycles. The highest BCUT2D eigenvalue weighted by Crippen LogP contribution is 2.29. The first-order valence-corrected chi connectivity index (χ1v) is 9.93. The minimum atomic E-state index is -4.77. The highest BCUT2D eigenvalue weighted by atomic mass is 127. The van der Waals surface area contributed by atoms with Gasteiger partial charge in [-0.15, -0.1) is 48.5 Å². The zero-order chi connectivity index (χ0) is 20.0. The van der Waals surface area contributed by atoms with Crippen molar-refractivity contribution in [3.63, 3.8) is 0 Å². The standard InChI is InChI=1S/C19H23F3N4OS.HI/c20-19(21,22)27-17-8-2-1-7-16(17)25-18(23)24-11-14-5-3-9-26(12-14)13-15-6-4-10-28-15;/h1-2,4,6-8,10,14H,3,5,9,11-13H2,(H3,23,24,25);1H. The number of alkyl halides is 3. The number of nitrogens with zero attached hydrogens (tertiary/aromatic N) is 2. The van der Waals surface area contributed by atoms with Gasteiger partial charge in [-0.2, -0.15) is 0 Å². The van der Waals surface area contributed by atoms with Crippen LogP contribution in [0, 0.1) is 5.92 Å². The van der Waals surface area contributed by atoms with Gasteiger partial charge in [-0.05, 0) is 48.9 Å². The van der Waals surface area contributed by atoms with Gasteiger partial charge in [-0.1, -0.05) is 18.2 Å². The number of benzene rings is 1. The van der Waals surface area contributed by atoms with E-state index in [1.165, 1.54) is 23.1 Å². The molecule has 0 spiro atoms.